The predicted molar refractivity (Wildman–Crippen MR) is 76.9 cm³/mol. The Bertz CT molecular complexity index is 627. The summed E-state index contributed by atoms with van der Waals surface area (Å²) in [5, 5.41) is 2.52. The molecule has 0 bridgehead atoms. The quantitative estimate of drug-likeness (QED) is 0.871. The monoisotopic (exact) mass is 294 g/mol. The number of aromatic nitrogens is 1. The first kappa shape index (κ1) is 14.5. The minimum atomic E-state index is -0.467. The molecular formula is C14H15FN2O2S. The number of hydrogen-bond acceptors (Lipinski definition) is 4. The number of nitrogens with zero attached hydrogens (tertiary/aromatic N) is 2. The molecule has 20 heavy (non-hydrogen) atoms. The van der Waals surface area contributed by atoms with E-state index in [1.807, 2.05) is 12.3 Å². The van der Waals surface area contributed by atoms with Crippen LogP contribution in [0.5, 0.6) is 5.75 Å². The number of methoxy groups -OCH3 is 1. The van der Waals surface area contributed by atoms with E-state index in [9.17, 15) is 9.18 Å². The van der Waals surface area contributed by atoms with Crippen molar-refractivity contribution < 1.29 is 13.9 Å². The number of amides is 1. The van der Waals surface area contributed by atoms with Crippen LogP contribution in [-0.4, -0.2) is 25.0 Å². The molecule has 2 aromatic rings. The van der Waals surface area contributed by atoms with Gasteiger partial charge in [-0.2, -0.15) is 0 Å². The third kappa shape index (κ3) is 3.14. The highest BCUT2D eigenvalue weighted by Crippen LogP contribution is 2.21. The zero-order valence-corrected chi connectivity index (χ0v) is 12.3. The molecular weight excluding hydrogens is 279 g/mol. The number of rotatable bonds is 4. The van der Waals surface area contributed by atoms with Gasteiger partial charge in [0.1, 0.15) is 0 Å². The average Bonchev–Trinajstić information content (AvgIpc) is 2.84. The van der Waals surface area contributed by atoms with Gasteiger partial charge in [-0.25, -0.2) is 9.37 Å². The number of hydrogen-bond donors (Lipinski definition) is 0. The zero-order chi connectivity index (χ0) is 14.7. The van der Waals surface area contributed by atoms with Gasteiger partial charge in [-0.3, -0.25) is 9.69 Å². The Kier molecular flexibility index (Phi) is 4.34. The van der Waals surface area contributed by atoms with Crippen LogP contribution < -0.4 is 9.64 Å². The molecule has 2 rings (SSSR count). The lowest BCUT2D eigenvalue weighted by Gasteiger charge is -2.14. The van der Waals surface area contributed by atoms with Crippen molar-refractivity contribution >= 4 is 22.4 Å². The van der Waals surface area contributed by atoms with Crippen LogP contribution in [0.1, 0.15) is 11.3 Å². The van der Waals surface area contributed by atoms with Crippen molar-refractivity contribution in [1.82, 2.24) is 4.98 Å². The molecule has 106 valence electrons. The van der Waals surface area contributed by atoms with Gasteiger partial charge in [0.15, 0.2) is 16.7 Å². The number of halogens is 1. The van der Waals surface area contributed by atoms with Crippen LogP contribution in [0.3, 0.4) is 0 Å². The Morgan fingerprint density at radius 3 is 2.80 bits per heavy atom. The second-order valence-corrected chi connectivity index (χ2v) is 5.21. The molecule has 0 atom stereocenters. The maximum absolute atomic E-state index is 13.6. The molecule has 0 aliphatic rings. The second-order valence-electron chi connectivity index (χ2n) is 4.37. The fraction of sp³-hybridized carbons (Fsp3) is 0.286. The smallest absolute Gasteiger partial charge is 0.232 e. The summed E-state index contributed by atoms with van der Waals surface area (Å²) in [5.74, 6) is -0.431. The van der Waals surface area contributed by atoms with Crippen LogP contribution in [-0.2, 0) is 11.2 Å². The SMILES string of the molecule is COc1ccc(CC(=O)N(C)c2nc(C)cs2)cc1F. The summed E-state index contributed by atoms with van der Waals surface area (Å²) in [4.78, 5) is 17.9. The summed E-state index contributed by atoms with van der Waals surface area (Å²) in [5.41, 5.74) is 1.48. The first-order valence-electron chi connectivity index (χ1n) is 6.02. The lowest BCUT2D eigenvalue weighted by atomic mass is 10.1. The summed E-state index contributed by atoms with van der Waals surface area (Å²) in [6, 6.07) is 4.52. The number of benzene rings is 1. The summed E-state index contributed by atoms with van der Waals surface area (Å²) in [7, 11) is 3.07. The average molecular weight is 294 g/mol. The van der Waals surface area contributed by atoms with Crippen LogP contribution >= 0.6 is 11.3 Å². The molecule has 0 spiro atoms. The van der Waals surface area contributed by atoms with Gasteiger partial charge in [0.05, 0.1) is 19.2 Å². The molecule has 0 unspecified atom stereocenters. The molecule has 0 aliphatic carbocycles. The van der Waals surface area contributed by atoms with Gasteiger partial charge < -0.3 is 4.74 Å². The van der Waals surface area contributed by atoms with Crippen LogP contribution in [0, 0.1) is 12.7 Å². The van der Waals surface area contributed by atoms with Crippen LogP contribution in [0.4, 0.5) is 9.52 Å². The zero-order valence-electron chi connectivity index (χ0n) is 11.5. The normalized spacial score (nSPS) is 10.4. The third-order valence-electron chi connectivity index (χ3n) is 2.84. The Morgan fingerprint density at radius 2 is 2.25 bits per heavy atom. The van der Waals surface area contributed by atoms with Crippen molar-refractivity contribution in [2.45, 2.75) is 13.3 Å². The van der Waals surface area contributed by atoms with Gasteiger partial charge in [0, 0.05) is 12.4 Å². The number of carbonyl (C=O) groups excluding carboxylic acids is 1. The van der Waals surface area contributed by atoms with Gasteiger partial charge in [-0.15, -0.1) is 11.3 Å². The third-order valence-corrected chi connectivity index (χ3v) is 3.87. The minimum Gasteiger partial charge on any atom is -0.494 e. The summed E-state index contributed by atoms with van der Waals surface area (Å²) < 4.78 is 18.4. The van der Waals surface area contributed by atoms with Crippen LogP contribution in [0.15, 0.2) is 23.6 Å². The van der Waals surface area contributed by atoms with E-state index in [4.69, 9.17) is 4.74 Å². The Labute approximate surface area is 120 Å². The van der Waals surface area contributed by atoms with Crippen molar-refractivity contribution in [1.29, 1.82) is 0 Å². The largest absolute Gasteiger partial charge is 0.494 e. The molecule has 0 saturated carbocycles. The molecule has 0 N–H and O–H groups in total. The lowest BCUT2D eigenvalue weighted by molar-refractivity contribution is -0.117. The molecule has 1 aromatic heterocycles. The maximum atomic E-state index is 13.6. The Balaban J connectivity index is 2.09. The van der Waals surface area contributed by atoms with Crippen molar-refractivity contribution in [2.75, 3.05) is 19.1 Å². The van der Waals surface area contributed by atoms with E-state index in [2.05, 4.69) is 4.98 Å². The van der Waals surface area contributed by atoms with E-state index in [1.165, 1.54) is 35.5 Å². The van der Waals surface area contributed by atoms with Crippen LogP contribution in [0.2, 0.25) is 0 Å². The van der Waals surface area contributed by atoms with E-state index in [-0.39, 0.29) is 18.1 Å². The lowest BCUT2D eigenvalue weighted by Crippen LogP contribution is -2.27. The number of ether oxygens (including phenoxy) is 1. The standard InChI is InChI=1S/C14H15FN2O2S/c1-9-8-20-14(16-9)17(2)13(18)7-10-4-5-12(19-3)11(15)6-10/h4-6,8H,7H2,1-3H3. The highest BCUT2D eigenvalue weighted by Gasteiger charge is 2.15. The van der Waals surface area contributed by atoms with Gasteiger partial charge in [0.2, 0.25) is 5.91 Å². The molecule has 0 saturated heterocycles. The number of anilines is 1. The van der Waals surface area contributed by atoms with E-state index < -0.39 is 5.82 Å². The predicted octanol–water partition coefficient (Wildman–Crippen LogP) is 2.80. The van der Waals surface area contributed by atoms with Gasteiger partial charge in [-0.05, 0) is 24.6 Å². The summed E-state index contributed by atoms with van der Waals surface area (Å²) >= 11 is 1.41. The maximum Gasteiger partial charge on any atom is 0.232 e. The van der Waals surface area contributed by atoms with Gasteiger partial charge >= 0.3 is 0 Å². The molecule has 0 aliphatic heterocycles. The minimum absolute atomic E-state index is 0.121. The van der Waals surface area contributed by atoms with E-state index in [1.54, 1.807) is 13.1 Å². The number of likely N-dealkylation sites (N-methyl/N-ethyl adjacent to an activating group) is 1. The summed E-state index contributed by atoms with van der Waals surface area (Å²) in [6.07, 6.45) is 0.121. The molecule has 4 nitrogen and oxygen atoms in total. The topological polar surface area (TPSA) is 42.4 Å². The van der Waals surface area contributed by atoms with E-state index >= 15 is 0 Å². The molecule has 1 aromatic carbocycles. The highest BCUT2D eigenvalue weighted by atomic mass is 32.1. The van der Waals surface area contributed by atoms with Gasteiger partial charge in [-0.1, -0.05) is 6.07 Å². The molecule has 6 heteroatoms. The van der Waals surface area contributed by atoms with E-state index in [0.717, 1.165) is 5.69 Å². The first-order valence-corrected chi connectivity index (χ1v) is 6.90. The van der Waals surface area contributed by atoms with Crippen molar-refractivity contribution in [3.63, 3.8) is 0 Å². The molecule has 1 amide bonds. The first-order chi connectivity index (χ1) is 9.51. The van der Waals surface area contributed by atoms with Crippen LogP contribution in [0.25, 0.3) is 0 Å². The van der Waals surface area contributed by atoms with Crippen molar-refractivity contribution in [2.24, 2.45) is 0 Å². The van der Waals surface area contributed by atoms with Gasteiger partial charge in [0.25, 0.3) is 0 Å². The number of thiazole rings is 1. The number of aryl methyl sites for hydroxylation is 1. The molecule has 1 heterocycles. The summed E-state index contributed by atoms with van der Waals surface area (Å²) in [6.45, 7) is 1.87. The Hall–Kier alpha value is -1.95. The molecule has 0 radical (unpaired) electrons. The fourth-order valence-electron chi connectivity index (χ4n) is 1.72. The molecule has 0 fully saturated rings. The second kappa shape index (κ2) is 6.00. The van der Waals surface area contributed by atoms with Crippen molar-refractivity contribution in [3.8, 4) is 5.75 Å². The number of carbonyl (C=O) groups is 1. The Morgan fingerprint density at radius 1 is 1.50 bits per heavy atom. The highest BCUT2D eigenvalue weighted by molar-refractivity contribution is 7.14. The fourth-order valence-corrected chi connectivity index (χ4v) is 2.50. The van der Waals surface area contributed by atoms with E-state index in [0.29, 0.717) is 10.7 Å². The van der Waals surface area contributed by atoms with Crippen molar-refractivity contribution in [3.05, 3.63) is 40.7 Å².